The molecule has 0 fully saturated rings. The van der Waals surface area contributed by atoms with Crippen LogP contribution in [0, 0.1) is 0 Å². The van der Waals surface area contributed by atoms with E-state index in [0.29, 0.717) is 0 Å². The van der Waals surface area contributed by atoms with Gasteiger partial charge in [0.05, 0.1) is 6.61 Å². The van der Waals surface area contributed by atoms with Gasteiger partial charge in [-0.2, -0.15) is 0 Å². The number of aliphatic hydroxyl groups is 1. The van der Waals surface area contributed by atoms with Gasteiger partial charge in [-0.25, -0.2) is 0 Å². The topological polar surface area (TPSA) is 49.3 Å². The Hall–Kier alpha value is -0.505. The molecule has 2 N–H and O–H groups in total. The average molecular weight is 98.9 g/mol. The van der Waals surface area contributed by atoms with E-state index in [1.54, 1.807) is 0 Å². The van der Waals surface area contributed by atoms with Gasteiger partial charge in [0.15, 0.2) is 13.7 Å². The molecular weight excluding hydrogens is 92.8 g/mol. The van der Waals surface area contributed by atoms with Gasteiger partial charge in [0.1, 0.15) is 0 Å². The molecule has 0 spiro atoms. The number of rotatable bonds is 2. The lowest BCUT2D eigenvalue weighted by Gasteiger charge is -1.93. The Morgan fingerprint density at radius 3 is 2.57 bits per heavy atom. The summed E-state index contributed by atoms with van der Waals surface area (Å²) in [5, 5.41) is 10.2. The maximum atomic E-state index is 9.76. The average Bonchev–Trinajstić information content (AvgIpc) is 1.61. The molecule has 0 atom stereocenters. The zero-order chi connectivity index (χ0) is 5.70. The predicted octanol–water partition coefficient (Wildman–Crippen LogP) is -1.14. The van der Waals surface area contributed by atoms with Crippen LogP contribution in [0.2, 0.25) is 0 Å². The third-order valence-electron chi connectivity index (χ3n) is 0.411. The highest BCUT2D eigenvalue weighted by Crippen LogP contribution is 1.55. The summed E-state index contributed by atoms with van der Waals surface area (Å²) < 4.78 is 0. The smallest absolute Gasteiger partial charge is 0.200 e. The van der Waals surface area contributed by atoms with Gasteiger partial charge in [0.2, 0.25) is 0 Å². The molecule has 0 rings (SSSR count). The van der Waals surface area contributed by atoms with Crippen molar-refractivity contribution in [2.24, 2.45) is 0 Å². The van der Waals surface area contributed by atoms with Crippen LogP contribution < -0.4 is 5.32 Å². The van der Waals surface area contributed by atoms with Crippen molar-refractivity contribution in [2.45, 2.75) is 0 Å². The molecule has 0 saturated heterocycles. The molecule has 0 aliphatic rings. The highest BCUT2D eigenvalue weighted by molar-refractivity contribution is 6.57. The summed E-state index contributed by atoms with van der Waals surface area (Å²) >= 11 is 0. The molecule has 0 saturated carbocycles. The van der Waals surface area contributed by atoms with Crippen molar-refractivity contribution in [1.29, 1.82) is 0 Å². The van der Waals surface area contributed by atoms with Crippen molar-refractivity contribution in [3.8, 4) is 0 Å². The van der Waals surface area contributed by atoms with Crippen LogP contribution in [0.1, 0.15) is 0 Å². The van der Waals surface area contributed by atoms with E-state index < -0.39 is 5.81 Å². The van der Waals surface area contributed by atoms with E-state index >= 15 is 0 Å². The molecule has 0 aliphatic heterocycles. The van der Waals surface area contributed by atoms with Crippen LogP contribution in [0.5, 0.6) is 0 Å². The van der Waals surface area contributed by atoms with Crippen LogP contribution in [-0.4, -0.2) is 31.9 Å². The SMILES string of the molecule is [B]C(=O)NCCO. The summed E-state index contributed by atoms with van der Waals surface area (Å²) in [5.74, 6) is -0.603. The molecule has 7 heavy (non-hydrogen) atoms. The van der Waals surface area contributed by atoms with Gasteiger partial charge in [0, 0.05) is 6.54 Å². The molecule has 0 aromatic carbocycles. The maximum Gasteiger partial charge on any atom is 0.200 e. The molecule has 0 aromatic heterocycles. The fraction of sp³-hybridized carbons (Fsp3) is 0.667. The fourth-order valence-corrected chi connectivity index (χ4v) is 0.179. The minimum atomic E-state index is -0.603. The van der Waals surface area contributed by atoms with Gasteiger partial charge in [-0.05, 0) is 0 Å². The molecule has 3 nitrogen and oxygen atoms in total. The lowest BCUT2D eigenvalue weighted by atomic mass is 10.1. The first-order chi connectivity index (χ1) is 3.27. The van der Waals surface area contributed by atoms with Crippen molar-refractivity contribution >= 4 is 13.7 Å². The molecule has 0 bridgehead atoms. The van der Waals surface area contributed by atoms with Crippen molar-refractivity contribution in [2.75, 3.05) is 13.2 Å². The largest absolute Gasteiger partial charge is 0.395 e. The summed E-state index contributed by atoms with van der Waals surface area (Å²) in [6, 6.07) is 0. The molecule has 0 unspecified atom stereocenters. The van der Waals surface area contributed by atoms with Crippen molar-refractivity contribution in [3.05, 3.63) is 0 Å². The Morgan fingerprint density at radius 2 is 2.43 bits per heavy atom. The normalized spacial score (nSPS) is 8.14. The van der Waals surface area contributed by atoms with Crippen molar-refractivity contribution in [1.82, 2.24) is 5.32 Å². The summed E-state index contributed by atoms with van der Waals surface area (Å²) in [5.41, 5.74) is 0. The van der Waals surface area contributed by atoms with Gasteiger partial charge in [0.25, 0.3) is 0 Å². The Labute approximate surface area is 43.1 Å². The Kier molecular flexibility index (Phi) is 3.41. The molecule has 0 heterocycles. The highest BCUT2D eigenvalue weighted by Gasteiger charge is 1.83. The number of hydrogen-bond acceptors (Lipinski definition) is 2. The minimum absolute atomic E-state index is 0.0665. The van der Waals surface area contributed by atoms with Crippen LogP contribution in [0.25, 0.3) is 0 Å². The molecule has 38 valence electrons. The van der Waals surface area contributed by atoms with Gasteiger partial charge in [-0.15, -0.1) is 0 Å². The van der Waals surface area contributed by atoms with Gasteiger partial charge < -0.3 is 10.4 Å². The second kappa shape index (κ2) is 3.68. The van der Waals surface area contributed by atoms with E-state index in [4.69, 9.17) is 5.11 Å². The van der Waals surface area contributed by atoms with Crippen LogP contribution >= 0.6 is 0 Å². The second-order valence-corrected chi connectivity index (χ2v) is 1.01. The first-order valence-corrected chi connectivity index (χ1v) is 1.91. The fourth-order valence-electron chi connectivity index (χ4n) is 0.179. The Morgan fingerprint density at radius 1 is 1.86 bits per heavy atom. The first kappa shape index (κ1) is 6.49. The first-order valence-electron chi connectivity index (χ1n) is 1.91. The number of carbonyl (C=O) groups excluding carboxylic acids is 1. The quantitative estimate of drug-likeness (QED) is 0.429. The summed E-state index contributed by atoms with van der Waals surface area (Å²) in [7, 11) is 4.62. The minimum Gasteiger partial charge on any atom is -0.395 e. The van der Waals surface area contributed by atoms with E-state index in [-0.39, 0.29) is 13.2 Å². The monoisotopic (exact) mass is 99.0 g/mol. The van der Waals surface area contributed by atoms with Crippen molar-refractivity contribution in [3.63, 3.8) is 0 Å². The van der Waals surface area contributed by atoms with Crippen LogP contribution in [0.15, 0.2) is 0 Å². The van der Waals surface area contributed by atoms with E-state index in [1.807, 2.05) is 0 Å². The maximum absolute atomic E-state index is 9.76. The van der Waals surface area contributed by atoms with Crippen molar-refractivity contribution < 1.29 is 9.90 Å². The number of amides is 1. The number of aliphatic hydroxyl groups excluding tert-OH is 1. The standard InChI is InChI=1S/C3H6BNO2/c4-3(7)5-1-2-6/h6H,1-2H2,(H,5,7). The van der Waals surface area contributed by atoms with E-state index in [0.717, 1.165) is 0 Å². The number of carbonyl (C=O) groups is 1. The summed E-state index contributed by atoms with van der Waals surface area (Å²) in [6.45, 7) is 0.165. The number of hydrogen-bond donors (Lipinski definition) is 2. The van der Waals surface area contributed by atoms with Crippen LogP contribution in [-0.2, 0) is 0 Å². The zero-order valence-corrected chi connectivity index (χ0v) is 3.85. The van der Waals surface area contributed by atoms with E-state index in [2.05, 4.69) is 13.2 Å². The van der Waals surface area contributed by atoms with Gasteiger partial charge in [-0.3, -0.25) is 4.79 Å². The summed E-state index contributed by atoms with van der Waals surface area (Å²) in [4.78, 5) is 9.76. The van der Waals surface area contributed by atoms with Gasteiger partial charge >= 0.3 is 0 Å². The highest BCUT2D eigenvalue weighted by atomic mass is 16.3. The third kappa shape index (κ3) is 5.49. The molecule has 0 aromatic rings. The second-order valence-electron chi connectivity index (χ2n) is 1.01. The third-order valence-corrected chi connectivity index (χ3v) is 0.411. The molecular formula is C3H6BNO2. The molecule has 4 heteroatoms. The lowest BCUT2D eigenvalue weighted by molar-refractivity contribution is 0.252. The molecule has 2 radical (unpaired) electrons. The van der Waals surface area contributed by atoms with E-state index in [9.17, 15) is 4.79 Å². The van der Waals surface area contributed by atoms with E-state index in [1.165, 1.54) is 0 Å². The molecule has 1 amide bonds. The summed E-state index contributed by atoms with van der Waals surface area (Å²) in [6.07, 6.45) is 0. The predicted molar refractivity (Wildman–Crippen MR) is 26.2 cm³/mol. The Bertz CT molecular complexity index is 66.0. The van der Waals surface area contributed by atoms with Crippen LogP contribution in [0.4, 0.5) is 4.79 Å². The zero-order valence-electron chi connectivity index (χ0n) is 3.85. The number of nitrogens with one attached hydrogen (secondary N) is 1. The van der Waals surface area contributed by atoms with Gasteiger partial charge in [-0.1, -0.05) is 0 Å². The Balaban J connectivity index is 2.82. The van der Waals surface area contributed by atoms with Crippen LogP contribution in [0.3, 0.4) is 0 Å². The lowest BCUT2D eigenvalue weighted by Crippen LogP contribution is -2.24. The molecule has 0 aliphatic carbocycles.